The standard InChI is InChI=1S/C13H27N3O/c1-6-7-14-11(17)15-10-8-12(2,3)16-13(4,5)9-10/h10,16H,6-9H2,1-5H3,(H2,14,15,17)/p+1. The van der Waals surface area contributed by atoms with Gasteiger partial charge in [-0.2, -0.15) is 0 Å². The molecule has 4 heteroatoms. The van der Waals surface area contributed by atoms with E-state index in [9.17, 15) is 4.79 Å². The molecule has 0 radical (unpaired) electrons. The first-order chi connectivity index (χ1) is 7.74. The lowest BCUT2D eigenvalue weighted by Gasteiger charge is -2.43. The second kappa shape index (κ2) is 5.25. The molecule has 1 rings (SSSR count). The van der Waals surface area contributed by atoms with E-state index in [0.717, 1.165) is 25.8 Å². The third-order valence-electron chi connectivity index (χ3n) is 3.20. The Bertz CT molecular complexity index is 258. The Morgan fingerprint density at radius 1 is 1.24 bits per heavy atom. The quantitative estimate of drug-likeness (QED) is 0.679. The van der Waals surface area contributed by atoms with Gasteiger partial charge in [0.2, 0.25) is 0 Å². The van der Waals surface area contributed by atoms with Gasteiger partial charge in [0.1, 0.15) is 0 Å². The third-order valence-corrected chi connectivity index (χ3v) is 3.20. The average molecular weight is 242 g/mol. The van der Waals surface area contributed by atoms with E-state index in [4.69, 9.17) is 0 Å². The Hall–Kier alpha value is -0.770. The third kappa shape index (κ3) is 4.94. The van der Waals surface area contributed by atoms with E-state index < -0.39 is 0 Å². The number of quaternary nitrogens is 1. The second-order valence-corrected chi connectivity index (χ2v) is 6.63. The van der Waals surface area contributed by atoms with Gasteiger partial charge in [0, 0.05) is 25.4 Å². The minimum Gasteiger partial charge on any atom is -0.338 e. The normalized spacial score (nSPS) is 23.1. The van der Waals surface area contributed by atoms with Gasteiger partial charge < -0.3 is 16.0 Å². The number of nitrogens with two attached hydrogens (primary N) is 1. The van der Waals surface area contributed by atoms with E-state index in [1.807, 2.05) is 0 Å². The van der Waals surface area contributed by atoms with Crippen molar-refractivity contribution >= 4 is 6.03 Å². The highest BCUT2D eigenvalue weighted by atomic mass is 16.2. The van der Waals surface area contributed by atoms with Gasteiger partial charge in [-0.25, -0.2) is 4.79 Å². The van der Waals surface area contributed by atoms with Gasteiger partial charge in [-0.15, -0.1) is 0 Å². The molecule has 1 aliphatic rings. The summed E-state index contributed by atoms with van der Waals surface area (Å²) in [6.45, 7) is 11.8. The fourth-order valence-corrected chi connectivity index (χ4v) is 3.09. The van der Waals surface area contributed by atoms with Crippen LogP contribution in [0.25, 0.3) is 0 Å². The van der Waals surface area contributed by atoms with Crippen LogP contribution in [-0.2, 0) is 0 Å². The summed E-state index contributed by atoms with van der Waals surface area (Å²) in [7, 11) is 0. The molecule has 4 nitrogen and oxygen atoms in total. The van der Waals surface area contributed by atoms with Crippen LogP contribution >= 0.6 is 0 Å². The first-order valence-corrected chi connectivity index (χ1v) is 6.65. The number of carbonyl (C=O) groups excluding carboxylic acids is 1. The first-order valence-electron chi connectivity index (χ1n) is 6.65. The monoisotopic (exact) mass is 242 g/mol. The number of hydrogen-bond donors (Lipinski definition) is 3. The molecular weight excluding hydrogens is 214 g/mol. The molecule has 1 fully saturated rings. The Morgan fingerprint density at radius 3 is 2.24 bits per heavy atom. The van der Waals surface area contributed by atoms with Gasteiger partial charge in [-0.05, 0) is 34.1 Å². The van der Waals surface area contributed by atoms with E-state index in [2.05, 4.69) is 50.6 Å². The van der Waals surface area contributed by atoms with Crippen molar-refractivity contribution in [2.45, 2.75) is 71.0 Å². The lowest BCUT2D eigenvalue weighted by molar-refractivity contribution is -0.787. The van der Waals surface area contributed by atoms with Gasteiger partial charge >= 0.3 is 6.03 Å². The Labute approximate surface area is 105 Å². The van der Waals surface area contributed by atoms with E-state index in [1.165, 1.54) is 0 Å². The van der Waals surface area contributed by atoms with Crippen molar-refractivity contribution in [3.05, 3.63) is 0 Å². The van der Waals surface area contributed by atoms with E-state index in [1.54, 1.807) is 0 Å². The number of carbonyl (C=O) groups is 1. The summed E-state index contributed by atoms with van der Waals surface area (Å²) in [5.74, 6) is 0. The maximum Gasteiger partial charge on any atom is 0.315 e. The molecule has 0 aromatic heterocycles. The summed E-state index contributed by atoms with van der Waals surface area (Å²) in [5.41, 5.74) is 0.398. The number of hydrogen-bond acceptors (Lipinski definition) is 1. The molecule has 2 amide bonds. The molecule has 17 heavy (non-hydrogen) atoms. The molecule has 1 aliphatic heterocycles. The van der Waals surface area contributed by atoms with E-state index in [-0.39, 0.29) is 23.2 Å². The highest BCUT2D eigenvalue weighted by molar-refractivity contribution is 5.74. The van der Waals surface area contributed by atoms with Gasteiger partial charge in [0.15, 0.2) is 0 Å². The average Bonchev–Trinajstić information content (AvgIpc) is 2.09. The molecule has 0 aromatic rings. The SMILES string of the molecule is CCCNC(=O)NC1CC(C)(C)[NH2+]C(C)(C)C1. The summed E-state index contributed by atoms with van der Waals surface area (Å²) in [5, 5.41) is 8.39. The number of nitrogens with one attached hydrogen (secondary N) is 2. The van der Waals surface area contributed by atoms with Crippen LogP contribution in [0.1, 0.15) is 53.9 Å². The smallest absolute Gasteiger partial charge is 0.315 e. The zero-order valence-electron chi connectivity index (χ0n) is 11.9. The summed E-state index contributed by atoms with van der Waals surface area (Å²) in [6.07, 6.45) is 3.02. The second-order valence-electron chi connectivity index (χ2n) is 6.63. The van der Waals surface area contributed by atoms with Crippen molar-refractivity contribution in [3.63, 3.8) is 0 Å². The molecule has 0 unspecified atom stereocenters. The highest BCUT2D eigenvalue weighted by Crippen LogP contribution is 2.21. The van der Waals surface area contributed by atoms with Crippen molar-refractivity contribution in [3.8, 4) is 0 Å². The van der Waals surface area contributed by atoms with Gasteiger partial charge in [0.05, 0.1) is 11.1 Å². The molecule has 100 valence electrons. The van der Waals surface area contributed by atoms with E-state index >= 15 is 0 Å². The number of rotatable bonds is 3. The van der Waals surface area contributed by atoms with Crippen molar-refractivity contribution in [1.29, 1.82) is 0 Å². The summed E-state index contributed by atoms with van der Waals surface area (Å²) in [4.78, 5) is 11.7. The predicted octanol–water partition coefficient (Wildman–Crippen LogP) is 0.979. The van der Waals surface area contributed by atoms with Crippen LogP contribution in [0.4, 0.5) is 4.79 Å². The summed E-state index contributed by atoms with van der Waals surface area (Å²) in [6, 6.07) is 0.257. The van der Waals surface area contributed by atoms with Gasteiger partial charge in [0.25, 0.3) is 0 Å². The molecular formula is C13H28N3O+. The maximum absolute atomic E-state index is 11.7. The van der Waals surface area contributed by atoms with Crippen LogP contribution in [-0.4, -0.2) is 29.7 Å². The molecule has 1 heterocycles. The van der Waals surface area contributed by atoms with Crippen LogP contribution in [0, 0.1) is 0 Å². The molecule has 0 saturated carbocycles. The maximum atomic E-state index is 11.7. The molecule has 0 bridgehead atoms. The van der Waals surface area contributed by atoms with Gasteiger partial charge in [-0.1, -0.05) is 6.92 Å². The lowest BCUT2D eigenvalue weighted by Crippen LogP contribution is -3.06. The number of piperidine rings is 1. The molecule has 1 saturated heterocycles. The van der Waals surface area contributed by atoms with Crippen LogP contribution in [0.3, 0.4) is 0 Å². The Morgan fingerprint density at radius 2 is 1.76 bits per heavy atom. The predicted molar refractivity (Wildman–Crippen MR) is 69.9 cm³/mol. The van der Waals surface area contributed by atoms with Crippen molar-refractivity contribution < 1.29 is 10.1 Å². The number of amides is 2. The number of urea groups is 1. The largest absolute Gasteiger partial charge is 0.338 e. The zero-order valence-corrected chi connectivity index (χ0v) is 11.9. The lowest BCUT2D eigenvalue weighted by atomic mass is 9.80. The van der Waals surface area contributed by atoms with Crippen molar-refractivity contribution in [1.82, 2.24) is 10.6 Å². The van der Waals surface area contributed by atoms with Crippen LogP contribution in [0.5, 0.6) is 0 Å². The summed E-state index contributed by atoms with van der Waals surface area (Å²) >= 11 is 0. The summed E-state index contributed by atoms with van der Waals surface area (Å²) < 4.78 is 0. The molecule has 0 spiro atoms. The topological polar surface area (TPSA) is 57.7 Å². The Balaban J connectivity index is 2.51. The molecule has 0 aliphatic carbocycles. The minimum atomic E-state index is -0.0228. The molecule has 0 atom stereocenters. The van der Waals surface area contributed by atoms with Crippen LogP contribution in [0.2, 0.25) is 0 Å². The van der Waals surface area contributed by atoms with Crippen LogP contribution in [0.15, 0.2) is 0 Å². The van der Waals surface area contributed by atoms with E-state index in [0.29, 0.717) is 0 Å². The highest BCUT2D eigenvalue weighted by Gasteiger charge is 2.41. The van der Waals surface area contributed by atoms with Crippen molar-refractivity contribution in [2.24, 2.45) is 0 Å². The van der Waals surface area contributed by atoms with Crippen molar-refractivity contribution in [2.75, 3.05) is 6.54 Å². The fourth-order valence-electron chi connectivity index (χ4n) is 3.09. The molecule has 4 N–H and O–H groups in total. The van der Waals surface area contributed by atoms with Crippen LogP contribution < -0.4 is 16.0 Å². The molecule has 0 aromatic carbocycles. The first kappa shape index (κ1) is 14.3. The zero-order chi connectivity index (χ0) is 13.1. The minimum absolute atomic E-state index is 0.0228. The Kier molecular flexibility index (Phi) is 4.42. The fraction of sp³-hybridized carbons (Fsp3) is 0.923. The van der Waals surface area contributed by atoms with Gasteiger partial charge in [-0.3, -0.25) is 0 Å².